The number of carbonyl (C=O) groups is 13. The fourth-order valence-electron chi connectivity index (χ4n) is 11.6. The topological polar surface area (TPSA) is 559 Å². The third kappa shape index (κ3) is 14.4. The van der Waals surface area contributed by atoms with Gasteiger partial charge in [0.25, 0.3) is 11.5 Å². The number of benzene rings is 1. The molecule has 0 saturated carbocycles. The summed E-state index contributed by atoms with van der Waals surface area (Å²) in [7, 11) is 2.55. The third-order valence-corrected chi connectivity index (χ3v) is 17.2. The highest BCUT2D eigenvalue weighted by Gasteiger charge is 2.77. The number of aliphatic imine (C=N–C) groups is 1. The molecule has 3 fully saturated rings. The van der Waals surface area contributed by atoms with Crippen molar-refractivity contribution in [2.24, 2.45) is 28.1 Å². The number of methoxy groups -OCH3 is 2. The van der Waals surface area contributed by atoms with Crippen molar-refractivity contribution < 1.29 is 87.1 Å². The zero-order valence-electron chi connectivity index (χ0n) is 49.4. The number of H-pyrrole nitrogens is 1. The van der Waals surface area contributed by atoms with E-state index in [0.29, 0.717) is 28.0 Å². The number of ketones is 2. The summed E-state index contributed by atoms with van der Waals surface area (Å²) in [6.45, 7) is 0.667. The van der Waals surface area contributed by atoms with Crippen LogP contribution in [0.1, 0.15) is 74.3 Å². The number of hydrogen-bond acceptors (Lipinski definition) is 24. The van der Waals surface area contributed by atoms with Crippen molar-refractivity contribution in [3.05, 3.63) is 74.7 Å². The number of carboxylic acid groups (broad SMARTS) is 3. The highest BCUT2D eigenvalue weighted by atomic mass is 32.2. The SMILES string of the molecule is COC1=C(C)C(=O)C2=C(C1=O)[C@H](CCC(N)=O)[C@]1(OC)C3C(CN21)N3C(=O)CN1C(=O)CC(SCC(NC(=O)[C@@H](CC(=O)O)NC(=O)[C@@H](CCCN=C(N)N)NC(=O)CC[C@@H](NC(=O)c2ccc(NCc3cnc4nc(N)[nH]c(=O)c4n3)cc2)C(=O)O)C(=O)O)C1=O. The molecular weight excluding hydrogens is 1230 g/mol. The standard InChI is InChI=1S/C55H65N17O19S/c1-22-41(79)40-38(42(80)43(22)90-2)26(10-12-33(56)73)55(91-3)44-31(19-71(40)55)72(44)36(76)20-70-35(75)16-32(50(70)85)92-21-30(52(88)89)67-48(83)29(15-37(77)78)66-47(82)27(5-4-14-60-53(57)58)64-34(74)13-11-28(51(86)87)65-46(81)23-6-8-24(9-7-23)61-17-25-18-62-45-39(63-25)49(84)69-54(59)68-45/h6-9,18,26-32,44,61H,4-5,10-17,19-21H2,1-3H3,(H2,56,73)(H,64,74)(H,65,81)(H,66,82)(H,67,83)(H,77,78)(H,86,87)(H,88,89)(H4,57,58,60)(H3,59,62,68,69,84)/t26-,27+,28+,29+,30?,31?,32?,44?,55-,72?/m0/s1. The minimum absolute atomic E-state index is 0.000801. The normalized spacial score (nSPS) is 20.9. The molecule has 8 rings (SSSR count). The number of rotatable bonds is 31. The molecule has 92 heavy (non-hydrogen) atoms. The van der Waals surface area contributed by atoms with Crippen molar-refractivity contribution in [2.45, 2.75) is 112 Å². The van der Waals surface area contributed by atoms with Crippen LogP contribution in [0.3, 0.4) is 0 Å². The number of aromatic amines is 1. The number of anilines is 2. The molecule has 3 saturated heterocycles. The first-order valence-corrected chi connectivity index (χ1v) is 29.4. The molecule has 1 aromatic carbocycles. The number of carboxylic acids is 3. The van der Waals surface area contributed by atoms with Crippen molar-refractivity contribution in [2.75, 3.05) is 50.7 Å². The van der Waals surface area contributed by atoms with E-state index in [1.54, 1.807) is 4.90 Å². The lowest BCUT2D eigenvalue weighted by atomic mass is 9.80. The number of aromatic nitrogens is 4. The van der Waals surface area contributed by atoms with Gasteiger partial charge in [0.15, 0.2) is 28.6 Å². The third-order valence-electron chi connectivity index (χ3n) is 15.9. The number of amides is 8. The quantitative estimate of drug-likeness (QED) is 0.00718. The molecule has 8 amide bonds. The van der Waals surface area contributed by atoms with Gasteiger partial charge in [-0.3, -0.25) is 72.4 Å². The molecule has 2 aromatic heterocycles. The Labute approximate surface area is 524 Å². The lowest BCUT2D eigenvalue weighted by Crippen LogP contribution is -2.56. The van der Waals surface area contributed by atoms with Gasteiger partial charge in [-0.25, -0.2) is 19.6 Å². The maximum absolute atomic E-state index is 14.1. The van der Waals surface area contributed by atoms with Gasteiger partial charge in [-0.2, -0.15) is 4.98 Å². The Morgan fingerprint density at radius 1 is 0.859 bits per heavy atom. The number of imide groups is 1. The second-order valence-electron chi connectivity index (χ2n) is 21.8. The highest BCUT2D eigenvalue weighted by molar-refractivity contribution is 8.00. The van der Waals surface area contributed by atoms with Gasteiger partial charge in [0.05, 0.1) is 49.0 Å². The molecule has 36 nitrogen and oxygen atoms in total. The number of fused-ring (bicyclic) bond motifs is 5. The van der Waals surface area contributed by atoms with Crippen LogP contribution in [0.4, 0.5) is 11.6 Å². The molecule has 0 spiro atoms. The van der Waals surface area contributed by atoms with E-state index in [9.17, 15) is 82.4 Å². The number of piperazine rings is 1. The number of ether oxygens (including phenoxy) is 2. The zero-order valence-corrected chi connectivity index (χ0v) is 50.2. The molecule has 9 atom stereocenters. The van der Waals surface area contributed by atoms with Gasteiger partial charge in [0.1, 0.15) is 36.8 Å². The first-order valence-electron chi connectivity index (χ1n) is 28.4. The van der Waals surface area contributed by atoms with Crippen molar-refractivity contribution in [3.63, 3.8) is 0 Å². The second-order valence-corrected chi connectivity index (χ2v) is 23.0. The van der Waals surface area contributed by atoms with Crippen LogP contribution in [0.25, 0.3) is 11.2 Å². The van der Waals surface area contributed by atoms with E-state index in [1.807, 2.05) is 0 Å². The van der Waals surface area contributed by atoms with Crippen LogP contribution in [0, 0.1) is 5.92 Å². The first kappa shape index (κ1) is 67.3. The lowest BCUT2D eigenvalue weighted by molar-refractivity contribution is -0.153. The van der Waals surface area contributed by atoms with Gasteiger partial charge in [-0.1, -0.05) is 0 Å². The number of nitrogens with one attached hydrogen (secondary N) is 6. The van der Waals surface area contributed by atoms with Crippen LogP contribution in [0.2, 0.25) is 0 Å². The molecule has 37 heteroatoms. The average Bonchev–Trinajstić information content (AvgIpc) is 1.49. The fraction of sp³-hybridized carbons (Fsp3) is 0.455. The molecule has 3 aromatic rings. The molecule has 490 valence electrons. The Bertz CT molecular complexity index is 3740. The summed E-state index contributed by atoms with van der Waals surface area (Å²) in [4.78, 5) is 206. The molecule has 17 N–H and O–H groups in total. The van der Waals surface area contributed by atoms with Gasteiger partial charge in [-0.15, -0.1) is 11.8 Å². The summed E-state index contributed by atoms with van der Waals surface area (Å²) in [5, 5.41) is 40.8. The minimum Gasteiger partial charge on any atom is -0.492 e. The molecule has 4 aliphatic heterocycles. The van der Waals surface area contributed by atoms with Gasteiger partial charge >= 0.3 is 17.9 Å². The highest BCUT2D eigenvalue weighted by Crippen LogP contribution is 2.61. The van der Waals surface area contributed by atoms with E-state index in [-0.39, 0.29) is 96.6 Å². The second kappa shape index (κ2) is 28.1. The van der Waals surface area contributed by atoms with Crippen LogP contribution >= 0.6 is 11.8 Å². The number of thioether (sulfide) groups is 1. The zero-order chi connectivity index (χ0) is 67.2. The number of hydrogen-bond donors (Lipinski definition) is 13. The van der Waals surface area contributed by atoms with Crippen molar-refractivity contribution in [1.82, 2.24) is 55.9 Å². The summed E-state index contributed by atoms with van der Waals surface area (Å²) in [5.74, 6) is -15.5. The Kier molecular flexibility index (Phi) is 20.5. The van der Waals surface area contributed by atoms with E-state index in [4.69, 9.17) is 32.4 Å². The summed E-state index contributed by atoms with van der Waals surface area (Å²) >= 11 is 0.623. The van der Waals surface area contributed by atoms with Gasteiger partial charge in [0.2, 0.25) is 58.9 Å². The molecule has 5 aliphatic rings. The van der Waals surface area contributed by atoms with E-state index < -0.39 is 173 Å². The van der Waals surface area contributed by atoms with E-state index >= 15 is 0 Å². The Hall–Kier alpha value is -10.6. The molecule has 0 bridgehead atoms. The number of aliphatic carboxylic acids is 3. The first-order chi connectivity index (χ1) is 43.6. The molecular formula is C55H65N17O19S. The maximum atomic E-state index is 14.1. The molecule has 0 radical (unpaired) electrons. The number of primary amides is 1. The fourth-order valence-corrected chi connectivity index (χ4v) is 12.8. The van der Waals surface area contributed by atoms with Gasteiger partial charge in [-0.05, 0) is 56.9 Å². The Morgan fingerprint density at radius 3 is 2.18 bits per heavy atom. The van der Waals surface area contributed by atoms with Crippen LogP contribution in [-0.2, 0) is 73.6 Å². The number of nitrogen functional groups attached to an aromatic ring is 1. The Balaban J connectivity index is 0.846. The minimum atomic E-state index is -2.00. The molecule has 6 heterocycles. The number of allylic oxidation sites excluding steroid dienone is 2. The number of likely N-dealkylation sites (tertiary alicyclic amines) is 1. The monoisotopic (exact) mass is 1300 g/mol. The van der Waals surface area contributed by atoms with Crippen LogP contribution in [0.15, 0.2) is 62.9 Å². The van der Waals surface area contributed by atoms with Crippen LogP contribution in [0.5, 0.6) is 0 Å². The molecule has 1 aliphatic carbocycles. The number of Topliss-reactive ketones (excluding diaryl/α,β-unsaturated/α-hetero) is 2. The summed E-state index contributed by atoms with van der Waals surface area (Å²) in [6, 6.07) is -2.80. The van der Waals surface area contributed by atoms with Crippen LogP contribution < -0.4 is 55.1 Å². The Morgan fingerprint density at radius 2 is 1.54 bits per heavy atom. The van der Waals surface area contributed by atoms with Gasteiger partial charge < -0.3 is 84.1 Å². The predicted molar refractivity (Wildman–Crippen MR) is 317 cm³/mol. The van der Waals surface area contributed by atoms with E-state index in [2.05, 4.69) is 51.5 Å². The van der Waals surface area contributed by atoms with Crippen molar-refractivity contribution >= 4 is 117 Å². The summed E-state index contributed by atoms with van der Waals surface area (Å²) < 4.78 is 11.4. The maximum Gasteiger partial charge on any atom is 0.327 e. The van der Waals surface area contributed by atoms with E-state index in [0.717, 1.165) is 0 Å². The lowest BCUT2D eigenvalue weighted by Gasteiger charge is -2.41. The molecule has 4 unspecified atom stereocenters. The number of guanidine groups is 1. The predicted octanol–water partition coefficient (Wildman–Crippen LogP) is -4.74. The number of nitrogens with two attached hydrogens (primary N) is 4. The van der Waals surface area contributed by atoms with Crippen molar-refractivity contribution in [3.8, 4) is 0 Å². The van der Waals surface area contributed by atoms with E-state index in [1.165, 1.54) is 56.5 Å². The summed E-state index contributed by atoms with van der Waals surface area (Å²) in [6.07, 6.45) is -1.91. The largest absolute Gasteiger partial charge is 0.492 e. The number of carbonyl (C=O) groups excluding carboxylic acids is 10. The number of nitrogens with zero attached hydrogens (tertiary/aromatic N) is 7. The van der Waals surface area contributed by atoms with Crippen LogP contribution in [-0.4, -0.2) is 219 Å². The summed E-state index contributed by atoms with van der Waals surface area (Å²) in [5.41, 5.74) is 20.8. The van der Waals surface area contributed by atoms with Crippen molar-refractivity contribution in [1.29, 1.82) is 0 Å². The van der Waals surface area contributed by atoms with Gasteiger partial charge in [0, 0.05) is 73.5 Å². The smallest absolute Gasteiger partial charge is 0.327 e. The average molecular weight is 1300 g/mol.